The summed E-state index contributed by atoms with van der Waals surface area (Å²) in [7, 11) is 1.36. The van der Waals surface area contributed by atoms with Crippen molar-refractivity contribution in [1.82, 2.24) is 14.8 Å². The number of nitrogens with zero attached hydrogens (tertiary/aromatic N) is 3. The lowest BCUT2D eigenvalue weighted by molar-refractivity contribution is 0.0593. The van der Waals surface area contributed by atoms with Gasteiger partial charge in [-0.05, 0) is 31.6 Å². The van der Waals surface area contributed by atoms with Crippen LogP contribution < -0.4 is 0 Å². The molecule has 0 unspecified atom stereocenters. The summed E-state index contributed by atoms with van der Waals surface area (Å²) in [6.45, 7) is 5.62. The maximum absolute atomic E-state index is 11.5. The minimum absolute atomic E-state index is 0.211. The summed E-state index contributed by atoms with van der Waals surface area (Å²) < 4.78 is 4.70. The second-order valence-electron chi connectivity index (χ2n) is 5.20. The first-order valence-electron chi connectivity index (χ1n) is 7.32. The van der Waals surface area contributed by atoms with Crippen LogP contribution in [0.3, 0.4) is 0 Å². The first-order valence-corrected chi connectivity index (χ1v) is 7.32. The third-order valence-corrected chi connectivity index (χ3v) is 3.68. The molecule has 0 aromatic carbocycles. The summed E-state index contributed by atoms with van der Waals surface area (Å²) in [6.07, 6.45) is 1.08. The van der Waals surface area contributed by atoms with Gasteiger partial charge < -0.3 is 9.84 Å². The van der Waals surface area contributed by atoms with E-state index in [1.54, 1.807) is 6.07 Å². The zero-order valence-corrected chi connectivity index (χ0v) is 12.5. The molecule has 0 bridgehead atoms. The second-order valence-corrected chi connectivity index (χ2v) is 5.20. The number of β-amino-alcohol motifs (C(OH)–C–C–N with tert-alkyl or cyclic N) is 1. The standard InChI is InChI=1S/C15H23N3O3/c1-21-15(20)14-5-2-4-13(16-14)12-18-7-3-6-17(8-9-18)10-11-19/h2,4-5,19H,3,6-12H2,1H3. The first-order chi connectivity index (χ1) is 10.2. The van der Waals surface area contributed by atoms with Crippen LogP contribution in [0.2, 0.25) is 0 Å². The predicted octanol–water partition coefficient (Wildman–Crippen LogP) is 0.368. The monoisotopic (exact) mass is 293 g/mol. The summed E-state index contributed by atoms with van der Waals surface area (Å²) in [5.41, 5.74) is 1.24. The van der Waals surface area contributed by atoms with E-state index in [1.165, 1.54) is 7.11 Å². The summed E-state index contributed by atoms with van der Waals surface area (Å²) in [6, 6.07) is 5.44. The van der Waals surface area contributed by atoms with Crippen LogP contribution in [-0.2, 0) is 11.3 Å². The molecule has 1 aromatic rings. The highest BCUT2D eigenvalue weighted by atomic mass is 16.5. The molecule has 0 spiro atoms. The molecule has 6 heteroatoms. The number of hydrogen-bond acceptors (Lipinski definition) is 6. The molecule has 0 aliphatic carbocycles. The minimum atomic E-state index is -0.401. The Morgan fingerprint density at radius 2 is 2.05 bits per heavy atom. The van der Waals surface area contributed by atoms with E-state index in [4.69, 9.17) is 9.84 Å². The fraction of sp³-hybridized carbons (Fsp3) is 0.600. The number of pyridine rings is 1. The van der Waals surface area contributed by atoms with E-state index in [0.29, 0.717) is 5.69 Å². The zero-order valence-electron chi connectivity index (χ0n) is 12.5. The van der Waals surface area contributed by atoms with E-state index in [2.05, 4.69) is 14.8 Å². The molecule has 1 aliphatic heterocycles. The molecule has 0 atom stereocenters. The lowest BCUT2D eigenvalue weighted by atomic mass is 10.2. The van der Waals surface area contributed by atoms with Gasteiger partial charge in [0.05, 0.1) is 19.4 Å². The van der Waals surface area contributed by atoms with E-state index in [9.17, 15) is 4.79 Å². The van der Waals surface area contributed by atoms with Gasteiger partial charge in [0, 0.05) is 26.2 Å². The summed E-state index contributed by atoms with van der Waals surface area (Å²) in [5, 5.41) is 9.01. The van der Waals surface area contributed by atoms with Crippen LogP contribution in [0.5, 0.6) is 0 Å². The van der Waals surface area contributed by atoms with Crippen LogP contribution in [0.1, 0.15) is 22.6 Å². The average Bonchev–Trinajstić information content (AvgIpc) is 2.73. The quantitative estimate of drug-likeness (QED) is 0.791. The summed E-state index contributed by atoms with van der Waals surface area (Å²) in [5.74, 6) is -0.401. The van der Waals surface area contributed by atoms with Crippen molar-refractivity contribution in [3.63, 3.8) is 0 Å². The number of aliphatic hydroxyl groups excluding tert-OH is 1. The predicted molar refractivity (Wildman–Crippen MR) is 79.0 cm³/mol. The van der Waals surface area contributed by atoms with Crippen molar-refractivity contribution in [2.24, 2.45) is 0 Å². The summed E-state index contributed by atoms with van der Waals surface area (Å²) in [4.78, 5) is 20.5. The van der Waals surface area contributed by atoms with Gasteiger partial charge in [-0.15, -0.1) is 0 Å². The van der Waals surface area contributed by atoms with Gasteiger partial charge in [-0.3, -0.25) is 9.80 Å². The Bertz CT molecular complexity index is 467. The van der Waals surface area contributed by atoms with Gasteiger partial charge in [-0.2, -0.15) is 0 Å². The van der Waals surface area contributed by atoms with Crippen molar-refractivity contribution in [2.45, 2.75) is 13.0 Å². The Morgan fingerprint density at radius 3 is 2.81 bits per heavy atom. The maximum Gasteiger partial charge on any atom is 0.356 e. The fourth-order valence-corrected chi connectivity index (χ4v) is 2.56. The highest BCUT2D eigenvalue weighted by Crippen LogP contribution is 2.08. The molecule has 2 heterocycles. The largest absolute Gasteiger partial charge is 0.464 e. The Balaban J connectivity index is 1.93. The van der Waals surface area contributed by atoms with Crippen molar-refractivity contribution < 1.29 is 14.6 Å². The third-order valence-electron chi connectivity index (χ3n) is 3.68. The molecule has 1 saturated heterocycles. The number of carbonyl (C=O) groups excluding carboxylic acids is 1. The van der Waals surface area contributed by atoms with Crippen LogP contribution in [0, 0.1) is 0 Å². The lowest BCUT2D eigenvalue weighted by Crippen LogP contribution is -2.32. The Hall–Kier alpha value is -1.50. The number of aliphatic hydroxyl groups is 1. The van der Waals surface area contributed by atoms with Crippen LogP contribution in [-0.4, -0.2) is 72.3 Å². The van der Waals surface area contributed by atoms with E-state index in [0.717, 1.165) is 51.4 Å². The molecule has 1 N–H and O–H groups in total. The molecule has 0 amide bonds. The van der Waals surface area contributed by atoms with Gasteiger partial charge >= 0.3 is 5.97 Å². The molecule has 6 nitrogen and oxygen atoms in total. The number of carbonyl (C=O) groups is 1. The first kappa shape index (κ1) is 15.9. The van der Waals surface area contributed by atoms with Gasteiger partial charge in [0.15, 0.2) is 0 Å². The Labute approximate surface area is 125 Å². The normalized spacial score (nSPS) is 17.4. The zero-order chi connectivity index (χ0) is 15.1. The summed E-state index contributed by atoms with van der Waals surface area (Å²) >= 11 is 0. The topological polar surface area (TPSA) is 65.9 Å². The number of methoxy groups -OCH3 is 1. The van der Waals surface area contributed by atoms with E-state index in [1.807, 2.05) is 12.1 Å². The number of hydrogen-bond donors (Lipinski definition) is 1. The number of esters is 1. The Kier molecular flexibility index (Phi) is 6.10. The Morgan fingerprint density at radius 1 is 1.29 bits per heavy atom. The van der Waals surface area contributed by atoms with E-state index >= 15 is 0 Å². The molecule has 1 fully saturated rings. The molecular weight excluding hydrogens is 270 g/mol. The van der Waals surface area contributed by atoms with Crippen molar-refractivity contribution in [1.29, 1.82) is 0 Å². The number of aromatic nitrogens is 1. The van der Waals surface area contributed by atoms with Crippen LogP contribution in [0.4, 0.5) is 0 Å². The van der Waals surface area contributed by atoms with E-state index < -0.39 is 5.97 Å². The lowest BCUT2D eigenvalue weighted by Gasteiger charge is -2.21. The fourth-order valence-electron chi connectivity index (χ4n) is 2.56. The van der Waals surface area contributed by atoms with Gasteiger partial charge in [-0.1, -0.05) is 6.07 Å². The van der Waals surface area contributed by atoms with Gasteiger partial charge in [0.1, 0.15) is 5.69 Å². The highest BCUT2D eigenvalue weighted by Gasteiger charge is 2.15. The molecule has 0 radical (unpaired) electrons. The maximum atomic E-state index is 11.5. The van der Waals surface area contributed by atoms with Gasteiger partial charge in [0.2, 0.25) is 0 Å². The van der Waals surface area contributed by atoms with Crippen molar-refractivity contribution >= 4 is 5.97 Å². The SMILES string of the molecule is COC(=O)c1cccc(CN2CCCN(CCO)CC2)n1. The number of ether oxygens (including phenoxy) is 1. The van der Waals surface area contributed by atoms with Crippen LogP contribution >= 0.6 is 0 Å². The number of rotatable bonds is 5. The van der Waals surface area contributed by atoms with Crippen molar-refractivity contribution in [3.8, 4) is 0 Å². The van der Waals surface area contributed by atoms with Crippen molar-refractivity contribution in [2.75, 3.05) is 46.4 Å². The molecule has 1 aliphatic rings. The van der Waals surface area contributed by atoms with Crippen LogP contribution in [0.25, 0.3) is 0 Å². The molecule has 21 heavy (non-hydrogen) atoms. The van der Waals surface area contributed by atoms with Gasteiger partial charge in [-0.25, -0.2) is 9.78 Å². The molecule has 1 aromatic heterocycles. The smallest absolute Gasteiger partial charge is 0.356 e. The van der Waals surface area contributed by atoms with Crippen LogP contribution in [0.15, 0.2) is 18.2 Å². The average molecular weight is 293 g/mol. The molecule has 116 valence electrons. The van der Waals surface area contributed by atoms with Gasteiger partial charge in [0.25, 0.3) is 0 Å². The molecule has 2 rings (SSSR count). The molecule has 0 saturated carbocycles. The highest BCUT2D eigenvalue weighted by molar-refractivity contribution is 5.87. The second kappa shape index (κ2) is 8.07. The van der Waals surface area contributed by atoms with Crippen molar-refractivity contribution in [3.05, 3.63) is 29.6 Å². The van der Waals surface area contributed by atoms with E-state index in [-0.39, 0.29) is 6.61 Å². The third kappa shape index (κ3) is 4.77. The molecular formula is C15H23N3O3. The minimum Gasteiger partial charge on any atom is -0.464 e.